The first-order valence-electron chi connectivity index (χ1n) is 12.6. The summed E-state index contributed by atoms with van der Waals surface area (Å²) in [5, 5.41) is 12.1. The number of fused-ring (bicyclic) bond motifs is 1. The molecule has 0 spiro atoms. The van der Waals surface area contributed by atoms with Crippen molar-refractivity contribution in [3.63, 3.8) is 0 Å². The van der Waals surface area contributed by atoms with E-state index in [1.807, 2.05) is 6.92 Å². The number of thiophene rings is 1. The molecule has 1 saturated heterocycles. The van der Waals surface area contributed by atoms with Crippen LogP contribution < -0.4 is 21.3 Å². The molecule has 11 nitrogen and oxygen atoms in total. The van der Waals surface area contributed by atoms with Gasteiger partial charge >= 0.3 is 5.69 Å². The van der Waals surface area contributed by atoms with E-state index in [9.17, 15) is 18.8 Å². The number of benzene rings is 1. The number of ether oxygens (including phenoxy) is 2. The lowest BCUT2D eigenvalue weighted by atomic mass is 10.0. The van der Waals surface area contributed by atoms with Gasteiger partial charge in [0, 0.05) is 24.3 Å². The normalized spacial score (nSPS) is 18.0. The number of carbonyl (C=O) groups excluding carboxylic acids is 1. The minimum Gasteiger partial charge on any atom is -0.496 e. The molecule has 1 amide bonds. The molecular weight excluding hydrogens is 527 g/mol. The molecule has 1 fully saturated rings. The van der Waals surface area contributed by atoms with Gasteiger partial charge in [0.05, 0.1) is 43.4 Å². The number of rotatable bonds is 9. The molecule has 2 atom stereocenters. The fourth-order valence-electron chi connectivity index (χ4n) is 5.02. The van der Waals surface area contributed by atoms with Crippen LogP contribution in [0.4, 0.5) is 4.39 Å². The molecule has 0 saturated carbocycles. The molecule has 13 heteroatoms. The van der Waals surface area contributed by atoms with Crippen LogP contribution in [0.25, 0.3) is 15.2 Å². The molecule has 0 unspecified atom stereocenters. The third-order valence-corrected chi connectivity index (χ3v) is 8.23. The van der Waals surface area contributed by atoms with Crippen molar-refractivity contribution in [1.29, 1.82) is 0 Å². The van der Waals surface area contributed by atoms with E-state index in [1.165, 1.54) is 58.4 Å². The van der Waals surface area contributed by atoms with Crippen molar-refractivity contribution >= 4 is 27.5 Å². The van der Waals surface area contributed by atoms with Crippen molar-refractivity contribution in [3.8, 4) is 10.8 Å². The lowest BCUT2D eigenvalue weighted by molar-refractivity contribution is -0.119. The molecule has 1 N–H and O–H groups in total. The summed E-state index contributed by atoms with van der Waals surface area (Å²) >= 11 is 1.21. The van der Waals surface area contributed by atoms with Crippen molar-refractivity contribution in [2.45, 2.75) is 51.8 Å². The van der Waals surface area contributed by atoms with Gasteiger partial charge in [0.2, 0.25) is 5.91 Å². The molecule has 4 heterocycles. The van der Waals surface area contributed by atoms with Crippen molar-refractivity contribution in [1.82, 2.24) is 29.4 Å². The van der Waals surface area contributed by atoms with E-state index < -0.39 is 28.7 Å². The molecule has 1 aliphatic heterocycles. The van der Waals surface area contributed by atoms with Gasteiger partial charge < -0.3 is 14.8 Å². The summed E-state index contributed by atoms with van der Waals surface area (Å²) in [5.41, 5.74) is -1.11. The Kier molecular flexibility index (Phi) is 7.12. The van der Waals surface area contributed by atoms with Gasteiger partial charge in [-0.1, -0.05) is 18.3 Å². The summed E-state index contributed by atoms with van der Waals surface area (Å²) in [5.74, 6) is -0.301. The van der Waals surface area contributed by atoms with E-state index >= 15 is 0 Å². The molecule has 0 aliphatic carbocycles. The molecule has 0 bridgehead atoms. The second kappa shape index (κ2) is 10.4. The van der Waals surface area contributed by atoms with Gasteiger partial charge in [0.1, 0.15) is 27.5 Å². The zero-order chi connectivity index (χ0) is 27.9. The Hall–Kier alpha value is -3.84. The second-order valence-electron chi connectivity index (χ2n) is 9.76. The molecule has 1 aliphatic rings. The minimum absolute atomic E-state index is 0.0160. The van der Waals surface area contributed by atoms with Crippen LogP contribution >= 0.6 is 11.3 Å². The second-order valence-corrected chi connectivity index (χ2v) is 10.7. The van der Waals surface area contributed by atoms with Gasteiger partial charge in [0.25, 0.3) is 5.56 Å². The smallest absolute Gasteiger partial charge is 0.332 e. The Morgan fingerprint density at radius 3 is 2.62 bits per heavy atom. The summed E-state index contributed by atoms with van der Waals surface area (Å²) in [6, 6.07) is 4.14. The number of carbonyl (C=O) groups is 1. The number of aromatic nitrogens is 5. The number of halogens is 1. The molecule has 1 aromatic carbocycles. The van der Waals surface area contributed by atoms with Crippen LogP contribution in [0, 0.1) is 12.7 Å². The average molecular weight is 557 g/mol. The van der Waals surface area contributed by atoms with Gasteiger partial charge in [-0.2, -0.15) is 10.2 Å². The Morgan fingerprint density at radius 1 is 1.23 bits per heavy atom. The number of methoxy groups -OCH3 is 1. The SMILES string of the molecule is CCCO[C@@H](Cn1c(=O)n([C@]2(C)CNC(=O)C2)c(=O)c2c(C)c(-n3nccn3)sc21)c1cc(F)ccc1OC. The number of amides is 1. The van der Waals surface area contributed by atoms with Crippen molar-refractivity contribution in [3.05, 3.63) is 68.4 Å². The van der Waals surface area contributed by atoms with Crippen molar-refractivity contribution < 1.29 is 18.7 Å². The predicted octanol–water partition coefficient (Wildman–Crippen LogP) is 2.66. The highest BCUT2D eigenvalue weighted by atomic mass is 32.1. The Bertz CT molecular complexity index is 1660. The molecule has 206 valence electrons. The molecule has 4 aromatic rings. The number of nitrogens with zero attached hydrogens (tertiary/aromatic N) is 5. The third kappa shape index (κ3) is 4.65. The van der Waals surface area contributed by atoms with E-state index in [0.29, 0.717) is 45.1 Å². The van der Waals surface area contributed by atoms with E-state index in [-0.39, 0.29) is 25.4 Å². The number of aryl methyl sites for hydroxylation is 1. The largest absolute Gasteiger partial charge is 0.496 e. The van der Waals surface area contributed by atoms with E-state index in [4.69, 9.17) is 9.47 Å². The van der Waals surface area contributed by atoms with Crippen molar-refractivity contribution in [2.24, 2.45) is 0 Å². The lowest BCUT2D eigenvalue weighted by Gasteiger charge is -2.27. The zero-order valence-electron chi connectivity index (χ0n) is 22.1. The first kappa shape index (κ1) is 26.8. The van der Waals surface area contributed by atoms with Gasteiger partial charge in [0.15, 0.2) is 0 Å². The van der Waals surface area contributed by atoms with Crippen LogP contribution in [0.5, 0.6) is 5.75 Å². The summed E-state index contributed by atoms with van der Waals surface area (Å²) in [6.07, 6.45) is 2.95. The van der Waals surface area contributed by atoms with Crippen molar-refractivity contribution in [2.75, 3.05) is 20.3 Å². The highest BCUT2D eigenvalue weighted by Gasteiger charge is 2.40. The van der Waals surface area contributed by atoms with Crippen LogP contribution in [0.2, 0.25) is 0 Å². The summed E-state index contributed by atoms with van der Waals surface area (Å²) in [6.45, 7) is 5.89. The molecule has 5 rings (SSSR count). The highest BCUT2D eigenvalue weighted by Crippen LogP contribution is 2.34. The van der Waals surface area contributed by atoms with Gasteiger partial charge in [-0.05, 0) is 38.5 Å². The quantitative estimate of drug-likeness (QED) is 0.336. The third-order valence-electron chi connectivity index (χ3n) is 6.95. The van der Waals surface area contributed by atoms with E-state index in [1.54, 1.807) is 13.8 Å². The van der Waals surface area contributed by atoms with E-state index in [2.05, 4.69) is 15.5 Å². The fourth-order valence-corrected chi connectivity index (χ4v) is 6.24. The standard InChI is InChI=1S/C26H29FN6O5S/c1-5-10-38-19(17-11-16(27)6-7-18(17)37-4)13-31-24-21(15(2)23(39-24)33-29-8-9-30-33)22(35)32(25(31)36)26(3)12-20(34)28-14-26/h6-9,11,19H,5,10,12-14H2,1-4H3,(H,28,34)/t19-,26-/m0/s1. The predicted molar refractivity (Wildman–Crippen MR) is 143 cm³/mol. The molecular formula is C26H29FN6O5S. The number of hydrogen-bond donors (Lipinski definition) is 1. The van der Waals surface area contributed by atoms with Crippen LogP contribution in [0.1, 0.15) is 43.9 Å². The van der Waals surface area contributed by atoms with Crippen LogP contribution in [-0.4, -0.2) is 50.3 Å². The Morgan fingerprint density at radius 2 is 1.97 bits per heavy atom. The Balaban J connectivity index is 1.78. The maximum absolute atomic E-state index is 14.4. The Labute approximate surface area is 226 Å². The zero-order valence-corrected chi connectivity index (χ0v) is 22.9. The first-order chi connectivity index (χ1) is 18.7. The average Bonchev–Trinajstić information content (AvgIpc) is 3.63. The van der Waals surface area contributed by atoms with Crippen LogP contribution in [-0.2, 0) is 21.6 Å². The maximum Gasteiger partial charge on any atom is 0.332 e. The fraction of sp³-hybridized carbons (Fsp3) is 0.423. The van der Waals surface area contributed by atoms with Gasteiger partial charge in [-0.15, -0.1) is 4.80 Å². The lowest BCUT2D eigenvalue weighted by Crippen LogP contribution is -2.51. The summed E-state index contributed by atoms with van der Waals surface area (Å²) in [7, 11) is 1.48. The van der Waals surface area contributed by atoms with Gasteiger partial charge in [-0.25, -0.2) is 9.18 Å². The first-order valence-corrected chi connectivity index (χ1v) is 13.4. The monoisotopic (exact) mass is 556 g/mol. The minimum atomic E-state index is -1.07. The summed E-state index contributed by atoms with van der Waals surface area (Å²) < 4.78 is 28.6. The molecule has 3 aromatic heterocycles. The summed E-state index contributed by atoms with van der Waals surface area (Å²) in [4.78, 5) is 42.1. The van der Waals surface area contributed by atoms with Crippen LogP contribution in [0.3, 0.4) is 0 Å². The molecule has 39 heavy (non-hydrogen) atoms. The number of hydrogen-bond acceptors (Lipinski definition) is 8. The maximum atomic E-state index is 14.4. The highest BCUT2D eigenvalue weighted by molar-refractivity contribution is 7.21. The van der Waals surface area contributed by atoms with Crippen LogP contribution in [0.15, 0.2) is 40.2 Å². The topological polar surface area (TPSA) is 122 Å². The number of nitrogens with one attached hydrogen (secondary N) is 1. The van der Waals surface area contributed by atoms with Gasteiger partial charge in [-0.3, -0.25) is 18.7 Å². The van der Waals surface area contributed by atoms with E-state index in [0.717, 1.165) is 4.57 Å². The molecule has 0 radical (unpaired) electrons.